The van der Waals surface area contributed by atoms with Gasteiger partial charge in [0.25, 0.3) is 5.91 Å². The summed E-state index contributed by atoms with van der Waals surface area (Å²) in [6.07, 6.45) is 1.78. The summed E-state index contributed by atoms with van der Waals surface area (Å²) in [4.78, 5) is 14.7. The van der Waals surface area contributed by atoms with Gasteiger partial charge < -0.3 is 13.9 Å². The van der Waals surface area contributed by atoms with Crippen molar-refractivity contribution in [3.63, 3.8) is 0 Å². The van der Waals surface area contributed by atoms with Crippen LogP contribution in [0.15, 0.2) is 49.9 Å². The number of aromatic nitrogens is 2. The predicted octanol–water partition coefficient (Wildman–Crippen LogP) is 4.38. The highest BCUT2D eigenvalue weighted by Gasteiger charge is 2.34. The second-order valence-corrected chi connectivity index (χ2v) is 7.03. The first kappa shape index (κ1) is 16.1. The standard InChI is InChI=1S/C18H16BrN3O3/c1-11-9-17(25-20-11)15-3-2-8-22(15)18(23)14-10-16(24-21-14)12-4-6-13(19)7-5-12/h4-7,9-10,15H,2-3,8H2,1H3/t15-/m1/s1. The van der Waals surface area contributed by atoms with Crippen molar-refractivity contribution in [2.24, 2.45) is 0 Å². The molecule has 0 aliphatic carbocycles. The summed E-state index contributed by atoms with van der Waals surface area (Å²) in [6, 6.07) is 11.1. The van der Waals surface area contributed by atoms with E-state index in [1.807, 2.05) is 37.3 Å². The molecule has 1 aliphatic rings. The minimum Gasteiger partial charge on any atom is -0.359 e. The van der Waals surface area contributed by atoms with Crippen molar-refractivity contribution in [1.82, 2.24) is 15.2 Å². The molecule has 25 heavy (non-hydrogen) atoms. The molecule has 0 radical (unpaired) electrons. The molecule has 1 amide bonds. The van der Waals surface area contributed by atoms with E-state index >= 15 is 0 Å². The predicted molar refractivity (Wildman–Crippen MR) is 93.9 cm³/mol. The van der Waals surface area contributed by atoms with Crippen molar-refractivity contribution in [2.75, 3.05) is 6.54 Å². The van der Waals surface area contributed by atoms with Crippen molar-refractivity contribution in [3.8, 4) is 11.3 Å². The van der Waals surface area contributed by atoms with E-state index in [1.165, 1.54) is 0 Å². The Balaban J connectivity index is 1.57. The molecule has 3 aromatic rings. The lowest BCUT2D eigenvalue weighted by molar-refractivity contribution is 0.0704. The maximum atomic E-state index is 12.9. The molecule has 4 rings (SSSR count). The zero-order valence-electron chi connectivity index (χ0n) is 13.6. The van der Waals surface area contributed by atoms with Crippen molar-refractivity contribution in [2.45, 2.75) is 25.8 Å². The highest BCUT2D eigenvalue weighted by Crippen LogP contribution is 2.34. The number of nitrogens with zero attached hydrogens (tertiary/aromatic N) is 3. The second kappa shape index (κ2) is 6.48. The molecule has 6 nitrogen and oxygen atoms in total. The van der Waals surface area contributed by atoms with E-state index in [2.05, 4.69) is 26.2 Å². The van der Waals surface area contributed by atoms with Crippen LogP contribution in [0.25, 0.3) is 11.3 Å². The number of carbonyl (C=O) groups is 1. The quantitative estimate of drug-likeness (QED) is 0.650. The molecule has 2 aromatic heterocycles. The van der Waals surface area contributed by atoms with E-state index in [0.717, 1.165) is 34.3 Å². The van der Waals surface area contributed by atoms with E-state index in [4.69, 9.17) is 9.05 Å². The Labute approximate surface area is 152 Å². The van der Waals surface area contributed by atoms with Gasteiger partial charge in [-0.3, -0.25) is 4.79 Å². The molecule has 1 saturated heterocycles. The highest BCUT2D eigenvalue weighted by molar-refractivity contribution is 9.10. The number of aryl methyl sites for hydroxylation is 1. The van der Waals surface area contributed by atoms with E-state index in [1.54, 1.807) is 11.0 Å². The summed E-state index contributed by atoms with van der Waals surface area (Å²) < 4.78 is 11.7. The third kappa shape index (κ3) is 3.11. The average molecular weight is 402 g/mol. The van der Waals surface area contributed by atoms with Crippen molar-refractivity contribution < 1.29 is 13.8 Å². The van der Waals surface area contributed by atoms with Gasteiger partial charge in [0.05, 0.1) is 11.7 Å². The van der Waals surface area contributed by atoms with Crippen molar-refractivity contribution in [3.05, 3.63) is 58.0 Å². The fourth-order valence-corrected chi connectivity index (χ4v) is 3.38. The van der Waals surface area contributed by atoms with Gasteiger partial charge in [-0.1, -0.05) is 38.4 Å². The van der Waals surface area contributed by atoms with Crippen LogP contribution in [-0.2, 0) is 0 Å². The van der Waals surface area contributed by atoms with Crippen LogP contribution < -0.4 is 0 Å². The van der Waals surface area contributed by atoms with E-state index in [0.29, 0.717) is 18.0 Å². The summed E-state index contributed by atoms with van der Waals surface area (Å²) in [5.41, 5.74) is 1.99. The van der Waals surface area contributed by atoms with Gasteiger partial charge in [-0.2, -0.15) is 0 Å². The molecule has 0 bridgehead atoms. The normalized spacial score (nSPS) is 17.2. The fraction of sp³-hybridized carbons (Fsp3) is 0.278. The van der Waals surface area contributed by atoms with Gasteiger partial charge in [0.2, 0.25) is 0 Å². The van der Waals surface area contributed by atoms with Crippen molar-refractivity contribution >= 4 is 21.8 Å². The van der Waals surface area contributed by atoms with Crippen LogP contribution in [0.3, 0.4) is 0 Å². The second-order valence-electron chi connectivity index (χ2n) is 6.11. The Morgan fingerprint density at radius 3 is 2.72 bits per heavy atom. The van der Waals surface area contributed by atoms with Crippen LogP contribution in [0.2, 0.25) is 0 Å². The first-order valence-electron chi connectivity index (χ1n) is 8.08. The minimum absolute atomic E-state index is 0.0958. The van der Waals surface area contributed by atoms with Gasteiger partial charge in [-0.05, 0) is 31.9 Å². The summed E-state index contributed by atoms with van der Waals surface area (Å²) >= 11 is 3.40. The van der Waals surface area contributed by atoms with E-state index in [9.17, 15) is 4.79 Å². The largest absolute Gasteiger partial charge is 0.359 e. The molecule has 0 saturated carbocycles. The molecular weight excluding hydrogens is 386 g/mol. The van der Waals surface area contributed by atoms with Crippen LogP contribution in [0.4, 0.5) is 0 Å². The number of amides is 1. The summed E-state index contributed by atoms with van der Waals surface area (Å²) in [7, 11) is 0. The number of halogens is 1. The molecule has 1 aliphatic heterocycles. The third-order valence-corrected chi connectivity index (χ3v) is 4.87. The highest BCUT2D eigenvalue weighted by atomic mass is 79.9. The van der Waals surface area contributed by atoms with E-state index < -0.39 is 0 Å². The number of rotatable bonds is 3. The van der Waals surface area contributed by atoms with Gasteiger partial charge in [-0.25, -0.2) is 0 Å². The lowest BCUT2D eigenvalue weighted by Gasteiger charge is -2.21. The SMILES string of the molecule is Cc1cc([C@H]2CCCN2C(=O)c2cc(-c3ccc(Br)cc3)on2)on1. The van der Waals surface area contributed by atoms with Crippen LogP contribution in [0, 0.1) is 6.92 Å². The molecule has 0 spiro atoms. The fourth-order valence-electron chi connectivity index (χ4n) is 3.12. The first-order chi connectivity index (χ1) is 12.1. The van der Waals surface area contributed by atoms with Crippen LogP contribution in [-0.4, -0.2) is 27.7 Å². The van der Waals surface area contributed by atoms with Crippen LogP contribution in [0.1, 0.15) is 40.8 Å². The maximum Gasteiger partial charge on any atom is 0.276 e. The van der Waals surface area contributed by atoms with Gasteiger partial charge >= 0.3 is 0 Å². The number of benzene rings is 1. The Hall–Kier alpha value is -2.41. The molecule has 128 valence electrons. The lowest BCUT2D eigenvalue weighted by atomic mass is 10.1. The van der Waals surface area contributed by atoms with Gasteiger partial charge in [0.1, 0.15) is 0 Å². The number of carbonyl (C=O) groups excluding carboxylic acids is 1. The topological polar surface area (TPSA) is 72.4 Å². The average Bonchev–Trinajstić information content (AvgIpc) is 3.35. The smallest absolute Gasteiger partial charge is 0.276 e. The summed E-state index contributed by atoms with van der Waals surface area (Å²) in [5.74, 6) is 1.14. The molecule has 3 heterocycles. The number of hydrogen-bond acceptors (Lipinski definition) is 5. The Kier molecular flexibility index (Phi) is 4.17. The molecular formula is C18H16BrN3O3. The van der Waals surface area contributed by atoms with Crippen LogP contribution >= 0.6 is 15.9 Å². The Morgan fingerprint density at radius 1 is 1.20 bits per heavy atom. The zero-order chi connectivity index (χ0) is 17.4. The minimum atomic E-state index is -0.149. The molecule has 1 aromatic carbocycles. The molecule has 7 heteroatoms. The Morgan fingerprint density at radius 2 is 2.00 bits per heavy atom. The molecule has 1 atom stereocenters. The number of likely N-dealkylation sites (tertiary alicyclic amines) is 1. The van der Waals surface area contributed by atoms with E-state index in [-0.39, 0.29) is 11.9 Å². The Bertz CT molecular complexity index is 900. The third-order valence-electron chi connectivity index (χ3n) is 4.35. The van der Waals surface area contributed by atoms with Gasteiger partial charge in [0, 0.05) is 28.7 Å². The molecule has 0 N–H and O–H groups in total. The monoisotopic (exact) mass is 401 g/mol. The van der Waals surface area contributed by atoms with Crippen molar-refractivity contribution in [1.29, 1.82) is 0 Å². The molecule has 0 unspecified atom stereocenters. The van der Waals surface area contributed by atoms with Gasteiger partial charge in [0.15, 0.2) is 17.2 Å². The number of hydrogen-bond donors (Lipinski definition) is 0. The first-order valence-corrected chi connectivity index (χ1v) is 8.88. The van der Waals surface area contributed by atoms with Crippen LogP contribution in [0.5, 0.6) is 0 Å². The zero-order valence-corrected chi connectivity index (χ0v) is 15.2. The summed E-state index contributed by atoms with van der Waals surface area (Å²) in [6.45, 7) is 2.54. The molecule has 1 fully saturated rings. The lowest BCUT2D eigenvalue weighted by Crippen LogP contribution is -2.30. The van der Waals surface area contributed by atoms with Gasteiger partial charge in [-0.15, -0.1) is 0 Å². The summed E-state index contributed by atoms with van der Waals surface area (Å²) in [5, 5.41) is 7.90. The maximum absolute atomic E-state index is 12.9.